The molecular formula is C25H30F2N2O5Si. The fraction of sp³-hybridized carbons (Fsp3) is 0.400. The second-order valence-corrected chi connectivity index (χ2v) is 14.6. The Morgan fingerprint density at radius 2 is 1.77 bits per heavy atom. The fourth-order valence-electron chi connectivity index (χ4n) is 4.39. The van der Waals surface area contributed by atoms with Crippen molar-refractivity contribution in [3.63, 3.8) is 0 Å². The van der Waals surface area contributed by atoms with Crippen LogP contribution in [0, 0.1) is 11.6 Å². The highest BCUT2D eigenvalue weighted by atomic mass is 28.3. The SMILES string of the molecule is COc1ccc2c(c1)CCN(C(=O)CCCC(=O)O)[C@H]2C(=O)Nc1cc(F)c([Si](C)(C)C)c(F)c1. The molecule has 0 unspecified atom stereocenters. The summed E-state index contributed by atoms with van der Waals surface area (Å²) in [6, 6.07) is 6.34. The highest BCUT2D eigenvalue weighted by molar-refractivity contribution is 6.88. The van der Waals surface area contributed by atoms with Gasteiger partial charge in [-0.25, -0.2) is 8.78 Å². The molecule has 35 heavy (non-hydrogen) atoms. The summed E-state index contributed by atoms with van der Waals surface area (Å²) in [6.45, 7) is 5.72. The Hall–Kier alpha value is -3.27. The lowest BCUT2D eigenvalue weighted by atomic mass is 9.91. The molecule has 188 valence electrons. The van der Waals surface area contributed by atoms with Crippen molar-refractivity contribution in [2.75, 3.05) is 19.0 Å². The predicted octanol–water partition coefficient (Wildman–Crippen LogP) is 3.84. The minimum absolute atomic E-state index is 0.0320. The van der Waals surface area contributed by atoms with E-state index in [1.165, 1.54) is 12.0 Å². The number of anilines is 1. The van der Waals surface area contributed by atoms with Crippen LogP contribution in [-0.2, 0) is 20.8 Å². The molecule has 1 aliphatic rings. The number of nitrogens with one attached hydrogen (secondary N) is 1. The van der Waals surface area contributed by atoms with Gasteiger partial charge in [-0.2, -0.15) is 0 Å². The topological polar surface area (TPSA) is 95.9 Å². The fourth-order valence-corrected chi connectivity index (χ4v) is 5.97. The molecular weight excluding hydrogens is 474 g/mol. The third-order valence-corrected chi connectivity index (χ3v) is 7.97. The van der Waals surface area contributed by atoms with Gasteiger partial charge in [-0.1, -0.05) is 25.7 Å². The lowest BCUT2D eigenvalue weighted by Crippen LogP contribution is -2.45. The highest BCUT2D eigenvalue weighted by Crippen LogP contribution is 2.34. The van der Waals surface area contributed by atoms with Crippen molar-refractivity contribution < 1.29 is 33.0 Å². The Morgan fingerprint density at radius 1 is 1.11 bits per heavy atom. The summed E-state index contributed by atoms with van der Waals surface area (Å²) in [5, 5.41) is 11.5. The summed E-state index contributed by atoms with van der Waals surface area (Å²) in [6.07, 6.45) is 0.431. The van der Waals surface area contributed by atoms with E-state index >= 15 is 0 Å². The number of ether oxygens (including phenoxy) is 1. The Balaban J connectivity index is 1.93. The number of aliphatic carboxylic acids is 1. The third-order valence-electron chi connectivity index (χ3n) is 5.99. The predicted molar refractivity (Wildman–Crippen MR) is 131 cm³/mol. The Bertz CT molecular complexity index is 1130. The van der Waals surface area contributed by atoms with Crippen LogP contribution in [0.15, 0.2) is 30.3 Å². The molecule has 0 saturated carbocycles. The van der Waals surface area contributed by atoms with Crippen LogP contribution in [-0.4, -0.2) is 49.5 Å². The quantitative estimate of drug-likeness (QED) is 0.533. The van der Waals surface area contributed by atoms with Crippen LogP contribution in [0.5, 0.6) is 5.75 Å². The number of benzene rings is 2. The summed E-state index contributed by atoms with van der Waals surface area (Å²) in [7, 11) is -0.762. The first-order valence-electron chi connectivity index (χ1n) is 11.4. The third kappa shape index (κ3) is 6.05. The maximum atomic E-state index is 14.7. The van der Waals surface area contributed by atoms with Crippen LogP contribution in [0.3, 0.4) is 0 Å². The van der Waals surface area contributed by atoms with E-state index in [9.17, 15) is 23.2 Å². The monoisotopic (exact) mass is 504 g/mol. The standard InChI is InChI=1S/C25H30F2N2O5Si/c1-34-17-8-9-18-15(12-17)10-11-29(21(30)6-5-7-22(31)32)23(18)25(33)28-16-13-19(26)24(20(27)14-16)35(2,3)4/h8-9,12-14,23H,5-7,10-11H2,1-4H3,(H,28,33)(H,31,32)/t23-/m1/s1. The number of carbonyl (C=O) groups excluding carboxylic acids is 2. The minimum atomic E-state index is -2.29. The second-order valence-electron chi connectivity index (χ2n) is 9.61. The van der Waals surface area contributed by atoms with Gasteiger partial charge in [0.1, 0.15) is 23.4 Å². The Labute approximate surface area is 204 Å². The van der Waals surface area contributed by atoms with E-state index < -0.39 is 37.6 Å². The number of halogens is 2. The van der Waals surface area contributed by atoms with Crippen LogP contribution in [0.2, 0.25) is 19.6 Å². The van der Waals surface area contributed by atoms with E-state index in [4.69, 9.17) is 9.84 Å². The number of hydrogen-bond acceptors (Lipinski definition) is 4. The summed E-state index contributed by atoms with van der Waals surface area (Å²) in [5.41, 5.74) is 1.37. The molecule has 7 nitrogen and oxygen atoms in total. The van der Waals surface area contributed by atoms with E-state index in [1.54, 1.807) is 18.2 Å². The maximum absolute atomic E-state index is 14.7. The largest absolute Gasteiger partial charge is 0.497 e. The van der Waals surface area contributed by atoms with E-state index in [0.29, 0.717) is 17.7 Å². The number of carbonyl (C=O) groups is 3. The molecule has 0 aliphatic carbocycles. The summed E-state index contributed by atoms with van der Waals surface area (Å²) < 4.78 is 34.8. The molecule has 2 N–H and O–H groups in total. The van der Waals surface area contributed by atoms with Gasteiger partial charge in [0, 0.05) is 30.3 Å². The molecule has 10 heteroatoms. The summed E-state index contributed by atoms with van der Waals surface area (Å²) in [4.78, 5) is 38.6. The number of fused-ring (bicyclic) bond motifs is 1. The molecule has 1 heterocycles. The first-order valence-corrected chi connectivity index (χ1v) is 14.9. The van der Waals surface area contributed by atoms with Gasteiger partial charge in [-0.3, -0.25) is 14.4 Å². The first kappa shape index (κ1) is 26.3. The van der Waals surface area contributed by atoms with E-state index in [0.717, 1.165) is 17.7 Å². The number of carboxylic acid groups (broad SMARTS) is 1. The maximum Gasteiger partial charge on any atom is 0.303 e. The molecule has 0 saturated heterocycles. The molecule has 0 bridgehead atoms. The molecule has 0 radical (unpaired) electrons. The van der Waals surface area contributed by atoms with Gasteiger partial charge in [0.25, 0.3) is 5.91 Å². The molecule has 0 spiro atoms. The van der Waals surface area contributed by atoms with Crippen LogP contribution >= 0.6 is 0 Å². The van der Waals surface area contributed by atoms with Crippen molar-refractivity contribution in [1.29, 1.82) is 0 Å². The number of amides is 2. The number of nitrogens with zero attached hydrogens (tertiary/aromatic N) is 1. The first-order chi connectivity index (χ1) is 16.4. The number of rotatable bonds is 8. The van der Waals surface area contributed by atoms with Crippen LogP contribution in [0.4, 0.5) is 14.5 Å². The molecule has 0 aromatic heterocycles. The molecule has 3 rings (SSSR count). The van der Waals surface area contributed by atoms with Crippen molar-refractivity contribution in [3.05, 3.63) is 53.1 Å². The average Bonchev–Trinajstić information content (AvgIpc) is 2.75. The number of carboxylic acids is 1. The average molecular weight is 505 g/mol. The Kier molecular flexibility index (Phi) is 7.94. The van der Waals surface area contributed by atoms with Gasteiger partial charge >= 0.3 is 5.97 Å². The van der Waals surface area contributed by atoms with Crippen LogP contribution in [0.1, 0.15) is 36.4 Å². The van der Waals surface area contributed by atoms with E-state index in [-0.39, 0.29) is 42.6 Å². The summed E-state index contributed by atoms with van der Waals surface area (Å²) in [5.74, 6) is -2.80. The van der Waals surface area contributed by atoms with Gasteiger partial charge < -0.3 is 20.1 Å². The van der Waals surface area contributed by atoms with Crippen molar-refractivity contribution in [1.82, 2.24) is 4.90 Å². The van der Waals surface area contributed by atoms with Gasteiger partial charge in [-0.05, 0) is 48.2 Å². The van der Waals surface area contributed by atoms with Gasteiger partial charge in [0.15, 0.2) is 0 Å². The van der Waals surface area contributed by atoms with Gasteiger partial charge in [0.2, 0.25) is 5.91 Å². The van der Waals surface area contributed by atoms with Gasteiger partial charge in [0.05, 0.1) is 15.2 Å². The number of methoxy groups -OCH3 is 1. The molecule has 0 fully saturated rings. The van der Waals surface area contributed by atoms with E-state index in [1.807, 2.05) is 19.6 Å². The molecule has 1 aliphatic heterocycles. The van der Waals surface area contributed by atoms with E-state index in [2.05, 4.69) is 5.32 Å². The zero-order chi connectivity index (χ0) is 25.9. The van der Waals surface area contributed by atoms with Gasteiger partial charge in [-0.15, -0.1) is 0 Å². The normalized spacial score (nSPS) is 15.4. The highest BCUT2D eigenvalue weighted by Gasteiger charge is 2.36. The molecule has 1 atom stereocenters. The van der Waals surface area contributed by atoms with Crippen LogP contribution in [0.25, 0.3) is 0 Å². The molecule has 2 amide bonds. The zero-order valence-corrected chi connectivity index (χ0v) is 21.3. The van der Waals surface area contributed by atoms with Crippen molar-refractivity contribution in [2.24, 2.45) is 0 Å². The van der Waals surface area contributed by atoms with Crippen LogP contribution < -0.4 is 15.2 Å². The summed E-state index contributed by atoms with van der Waals surface area (Å²) >= 11 is 0. The lowest BCUT2D eigenvalue weighted by molar-refractivity contribution is -0.140. The minimum Gasteiger partial charge on any atom is -0.497 e. The zero-order valence-electron chi connectivity index (χ0n) is 20.3. The van der Waals surface area contributed by atoms with Crippen molar-refractivity contribution in [3.8, 4) is 5.75 Å². The smallest absolute Gasteiger partial charge is 0.303 e. The lowest BCUT2D eigenvalue weighted by Gasteiger charge is -2.36. The molecule has 2 aromatic carbocycles. The molecule has 2 aromatic rings. The number of hydrogen-bond donors (Lipinski definition) is 2. The van der Waals surface area contributed by atoms with Crippen molar-refractivity contribution in [2.45, 2.75) is 51.4 Å². The second kappa shape index (κ2) is 10.6. The van der Waals surface area contributed by atoms with Crippen molar-refractivity contribution >= 4 is 36.7 Å². The Morgan fingerprint density at radius 3 is 2.34 bits per heavy atom.